The fourth-order valence-corrected chi connectivity index (χ4v) is 1.85. The SMILES string of the molecule is CCOCCCn1ccnc1NC1CCC1. The van der Waals surface area contributed by atoms with Crippen molar-refractivity contribution in [2.75, 3.05) is 18.5 Å². The van der Waals surface area contributed by atoms with E-state index in [4.69, 9.17) is 4.74 Å². The molecule has 0 aromatic carbocycles. The number of aryl methyl sites for hydroxylation is 1. The van der Waals surface area contributed by atoms with E-state index in [1.807, 2.05) is 19.3 Å². The fraction of sp³-hybridized carbons (Fsp3) is 0.750. The van der Waals surface area contributed by atoms with E-state index in [1.165, 1.54) is 19.3 Å². The standard InChI is InChI=1S/C12H21N3O/c1-2-16-10-4-8-15-9-7-13-12(15)14-11-5-3-6-11/h7,9,11H,2-6,8,10H2,1H3,(H,13,14). The molecule has 1 fully saturated rings. The Morgan fingerprint density at radius 3 is 3.12 bits per heavy atom. The van der Waals surface area contributed by atoms with E-state index in [9.17, 15) is 0 Å². The highest BCUT2D eigenvalue weighted by molar-refractivity contribution is 5.28. The summed E-state index contributed by atoms with van der Waals surface area (Å²) in [7, 11) is 0. The number of rotatable bonds is 7. The molecule has 4 heteroatoms. The Balaban J connectivity index is 1.76. The molecular formula is C12H21N3O. The number of nitrogens with one attached hydrogen (secondary N) is 1. The van der Waals surface area contributed by atoms with Crippen LogP contribution in [0.4, 0.5) is 5.95 Å². The first-order valence-electron chi connectivity index (χ1n) is 6.25. The van der Waals surface area contributed by atoms with Gasteiger partial charge in [0.2, 0.25) is 5.95 Å². The van der Waals surface area contributed by atoms with E-state index in [0.717, 1.165) is 32.1 Å². The van der Waals surface area contributed by atoms with Gasteiger partial charge >= 0.3 is 0 Å². The van der Waals surface area contributed by atoms with Crippen LogP contribution in [0, 0.1) is 0 Å². The van der Waals surface area contributed by atoms with E-state index >= 15 is 0 Å². The highest BCUT2D eigenvalue weighted by atomic mass is 16.5. The van der Waals surface area contributed by atoms with Gasteiger partial charge in [0.25, 0.3) is 0 Å². The van der Waals surface area contributed by atoms with E-state index in [0.29, 0.717) is 6.04 Å². The van der Waals surface area contributed by atoms with Crippen LogP contribution in [0.3, 0.4) is 0 Å². The van der Waals surface area contributed by atoms with Crippen LogP contribution in [0.15, 0.2) is 12.4 Å². The summed E-state index contributed by atoms with van der Waals surface area (Å²) in [5, 5.41) is 3.48. The van der Waals surface area contributed by atoms with Crippen LogP contribution < -0.4 is 5.32 Å². The molecule has 1 aromatic heterocycles. The van der Waals surface area contributed by atoms with Crippen molar-refractivity contribution in [3.05, 3.63) is 12.4 Å². The Kier molecular flexibility index (Phi) is 4.22. The smallest absolute Gasteiger partial charge is 0.202 e. The van der Waals surface area contributed by atoms with Crippen molar-refractivity contribution in [2.45, 2.75) is 45.2 Å². The van der Waals surface area contributed by atoms with E-state index < -0.39 is 0 Å². The summed E-state index contributed by atoms with van der Waals surface area (Å²) in [6, 6.07) is 0.646. The van der Waals surface area contributed by atoms with Crippen LogP contribution in [0.2, 0.25) is 0 Å². The van der Waals surface area contributed by atoms with Gasteiger partial charge in [-0.3, -0.25) is 0 Å². The van der Waals surface area contributed by atoms with Gasteiger partial charge in [-0.1, -0.05) is 0 Å². The minimum atomic E-state index is 0.646. The summed E-state index contributed by atoms with van der Waals surface area (Å²) in [6.07, 6.45) is 8.86. The van der Waals surface area contributed by atoms with Crippen LogP contribution in [0.5, 0.6) is 0 Å². The van der Waals surface area contributed by atoms with Gasteiger partial charge in [0.05, 0.1) is 0 Å². The van der Waals surface area contributed by atoms with Gasteiger partial charge in [-0.25, -0.2) is 4.98 Å². The fourth-order valence-electron chi connectivity index (χ4n) is 1.85. The lowest BCUT2D eigenvalue weighted by molar-refractivity contribution is 0.142. The third-order valence-electron chi connectivity index (χ3n) is 3.05. The molecule has 1 saturated carbocycles. The summed E-state index contributed by atoms with van der Waals surface area (Å²) in [6.45, 7) is 4.64. The molecule has 1 aliphatic rings. The number of aromatic nitrogens is 2. The molecule has 0 bridgehead atoms. The number of imidazole rings is 1. The highest BCUT2D eigenvalue weighted by Crippen LogP contribution is 2.22. The first-order chi connectivity index (χ1) is 7.90. The quantitative estimate of drug-likeness (QED) is 0.721. The summed E-state index contributed by atoms with van der Waals surface area (Å²) in [5.74, 6) is 1.01. The summed E-state index contributed by atoms with van der Waals surface area (Å²) in [4.78, 5) is 4.35. The van der Waals surface area contributed by atoms with Gasteiger partial charge in [-0.15, -0.1) is 0 Å². The Morgan fingerprint density at radius 2 is 2.44 bits per heavy atom. The van der Waals surface area contributed by atoms with Gasteiger partial charge in [-0.2, -0.15) is 0 Å². The summed E-state index contributed by atoms with van der Waals surface area (Å²) >= 11 is 0. The molecule has 90 valence electrons. The molecule has 0 aliphatic heterocycles. The zero-order valence-corrected chi connectivity index (χ0v) is 9.98. The van der Waals surface area contributed by atoms with E-state index in [-0.39, 0.29) is 0 Å². The molecule has 0 atom stereocenters. The minimum Gasteiger partial charge on any atom is -0.382 e. The molecule has 2 rings (SSSR count). The van der Waals surface area contributed by atoms with Crippen molar-refractivity contribution >= 4 is 5.95 Å². The highest BCUT2D eigenvalue weighted by Gasteiger charge is 2.18. The number of nitrogens with zero attached hydrogens (tertiary/aromatic N) is 2. The first kappa shape index (κ1) is 11.5. The molecule has 0 spiro atoms. The topological polar surface area (TPSA) is 39.1 Å². The average molecular weight is 223 g/mol. The molecule has 1 aromatic rings. The lowest BCUT2D eigenvalue weighted by Crippen LogP contribution is -2.28. The molecular weight excluding hydrogens is 202 g/mol. The molecule has 0 amide bonds. The van der Waals surface area contributed by atoms with E-state index in [1.54, 1.807) is 0 Å². The van der Waals surface area contributed by atoms with Crippen LogP contribution in [0.25, 0.3) is 0 Å². The first-order valence-corrected chi connectivity index (χ1v) is 6.25. The normalized spacial score (nSPS) is 16.1. The molecule has 0 radical (unpaired) electrons. The van der Waals surface area contributed by atoms with Crippen molar-refractivity contribution in [2.24, 2.45) is 0 Å². The van der Waals surface area contributed by atoms with Crippen LogP contribution in [-0.4, -0.2) is 28.8 Å². The van der Waals surface area contributed by atoms with Crippen molar-refractivity contribution in [1.82, 2.24) is 9.55 Å². The van der Waals surface area contributed by atoms with Gasteiger partial charge in [0.1, 0.15) is 0 Å². The predicted octanol–water partition coefficient (Wildman–Crippen LogP) is 2.27. The van der Waals surface area contributed by atoms with Crippen molar-refractivity contribution < 1.29 is 4.74 Å². The molecule has 0 saturated heterocycles. The Morgan fingerprint density at radius 1 is 1.56 bits per heavy atom. The number of ether oxygens (including phenoxy) is 1. The van der Waals surface area contributed by atoms with Gasteiger partial charge in [-0.05, 0) is 32.6 Å². The maximum absolute atomic E-state index is 5.33. The Hall–Kier alpha value is -1.03. The van der Waals surface area contributed by atoms with Crippen molar-refractivity contribution in [1.29, 1.82) is 0 Å². The summed E-state index contributed by atoms with van der Waals surface area (Å²) in [5.41, 5.74) is 0. The number of hydrogen-bond donors (Lipinski definition) is 1. The van der Waals surface area contributed by atoms with Crippen LogP contribution >= 0.6 is 0 Å². The second-order valence-electron chi connectivity index (χ2n) is 4.27. The maximum atomic E-state index is 5.33. The predicted molar refractivity (Wildman–Crippen MR) is 64.6 cm³/mol. The number of anilines is 1. The monoisotopic (exact) mass is 223 g/mol. The Labute approximate surface area is 97.0 Å². The second-order valence-corrected chi connectivity index (χ2v) is 4.27. The van der Waals surface area contributed by atoms with Crippen molar-refractivity contribution in [3.8, 4) is 0 Å². The molecule has 0 unspecified atom stereocenters. The van der Waals surface area contributed by atoms with E-state index in [2.05, 4.69) is 14.9 Å². The van der Waals surface area contributed by atoms with Crippen molar-refractivity contribution in [3.63, 3.8) is 0 Å². The third kappa shape index (κ3) is 2.98. The molecule has 4 nitrogen and oxygen atoms in total. The Bertz CT molecular complexity index is 307. The molecule has 1 N–H and O–H groups in total. The lowest BCUT2D eigenvalue weighted by Gasteiger charge is -2.27. The minimum absolute atomic E-state index is 0.646. The molecule has 1 heterocycles. The second kappa shape index (κ2) is 5.89. The van der Waals surface area contributed by atoms with Gasteiger partial charge in [0.15, 0.2) is 0 Å². The van der Waals surface area contributed by atoms with Gasteiger partial charge in [0, 0.05) is 38.2 Å². The zero-order valence-electron chi connectivity index (χ0n) is 9.98. The lowest BCUT2D eigenvalue weighted by atomic mass is 9.93. The molecule has 1 aliphatic carbocycles. The molecule has 16 heavy (non-hydrogen) atoms. The van der Waals surface area contributed by atoms with Crippen LogP contribution in [0.1, 0.15) is 32.6 Å². The number of hydrogen-bond acceptors (Lipinski definition) is 3. The largest absolute Gasteiger partial charge is 0.382 e. The maximum Gasteiger partial charge on any atom is 0.202 e. The van der Waals surface area contributed by atoms with Gasteiger partial charge < -0.3 is 14.6 Å². The zero-order chi connectivity index (χ0) is 11.2. The average Bonchev–Trinajstić information content (AvgIpc) is 2.66. The third-order valence-corrected chi connectivity index (χ3v) is 3.05. The summed E-state index contributed by atoms with van der Waals surface area (Å²) < 4.78 is 7.51. The van der Waals surface area contributed by atoms with Crippen LogP contribution in [-0.2, 0) is 11.3 Å².